The van der Waals surface area contributed by atoms with Gasteiger partial charge in [-0.2, -0.15) is 0 Å². The molecule has 4 aliphatic carbocycles. The van der Waals surface area contributed by atoms with Crippen LogP contribution in [0.1, 0.15) is 85.5 Å². The van der Waals surface area contributed by atoms with E-state index < -0.39 is 12.1 Å². The molecule has 0 aromatic carbocycles. The van der Waals surface area contributed by atoms with Crippen LogP contribution in [0.5, 0.6) is 0 Å². The van der Waals surface area contributed by atoms with Gasteiger partial charge in [0.15, 0.2) is 0 Å². The topological polar surface area (TPSA) is 101 Å². The van der Waals surface area contributed by atoms with Crippen molar-refractivity contribution in [1.82, 2.24) is 0 Å². The third-order valence-corrected chi connectivity index (χ3v) is 10.9. The van der Waals surface area contributed by atoms with E-state index in [2.05, 4.69) is 27.7 Å². The summed E-state index contributed by atoms with van der Waals surface area (Å²) >= 11 is 0. The van der Waals surface area contributed by atoms with Crippen LogP contribution < -0.4 is 5.11 Å². The summed E-state index contributed by atoms with van der Waals surface area (Å²) in [6.07, 6.45) is 5.95. The molecule has 0 spiro atoms. The molecule has 4 saturated carbocycles. The van der Waals surface area contributed by atoms with Gasteiger partial charge < -0.3 is 25.2 Å². The Morgan fingerprint density at radius 2 is 1.71 bits per heavy atom. The molecule has 0 unspecified atom stereocenters. The maximum Gasteiger partial charge on any atom is 0.0605 e. The summed E-state index contributed by atoms with van der Waals surface area (Å²) in [5.74, 6) is 0.640. The average molecular weight is 436 g/mol. The van der Waals surface area contributed by atoms with E-state index in [4.69, 9.17) is 0 Å². The Labute approximate surface area is 187 Å². The van der Waals surface area contributed by atoms with Crippen LogP contribution >= 0.6 is 0 Å². The molecule has 31 heavy (non-hydrogen) atoms. The van der Waals surface area contributed by atoms with Crippen molar-refractivity contribution in [2.45, 2.75) is 104 Å². The van der Waals surface area contributed by atoms with Crippen molar-refractivity contribution in [2.75, 3.05) is 0 Å². The van der Waals surface area contributed by atoms with Crippen LogP contribution in [0.25, 0.3) is 0 Å². The molecule has 4 rings (SSSR count). The largest absolute Gasteiger partial charge is 0.550 e. The smallest absolute Gasteiger partial charge is 0.0605 e. The van der Waals surface area contributed by atoms with Crippen molar-refractivity contribution in [3.8, 4) is 0 Å². The number of aliphatic hydroxyl groups excluding tert-OH is 3. The van der Waals surface area contributed by atoms with E-state index >= 15 is 0 Å². The van der Waals surface area contributed by atoms with Gasteiger partial charge in [0.25, 0.3) is 0 Å². The highest BCUT2D eigenvalue weighted by atomic mass is 16.4. The van der Waals surface area contributed by atoms with Crippen molar-refractivity contribution >= 4 is 5.97 Å². The number of carboxylic acids is 1. The summed E-state index contributed by atoms with van der Waals surface area (Å²) in [5, 5.41) is 44.3. The van der Waals surface area contributed by atoms with Gasteiger partial charge in [0.1, 0.15) is 0 Å². The zero-order chi connectivity index (χ0) is 22.7. The minimum Gasteiger partial charge on any atom is -0.550 e. The van der Waals surface area contributed by atoms with E-state index in [0.717, 1.165) is 44.9 Å². The molecule has 0 aromatic rings. The van der Waals surface area contributed by atoms with E-state index in [9.17, 15) is 25.2 Å². The molecule has 5 heteroatoms. The molecule has 0 bridgehead atoms. The zero-order valence-corrected chi connectivity index (χ0v) is 19.8. The minimum atomic E-state index is -1.02. The van der Waals surface area contributed by atoms with Gasteiger partial charge in [-0.25, -0.2) is 0 Å². The molecule has 3 N–H and O–H groups in total. The number of hydrogen-bond donors (Lipinski definition) is 3. The Kier molecular flexibility index (Phi) is 6.28. The first-order valence-corrected chi connectivity index (χ1v) is 12.8. The highest BCUT2D eigenvalue weighted by Crippen LogP contribution is 2.69. The van der Waals surface area contributed by atoms with E-state index in [0.29, 0.717) is 18.3 Å². The molecule has 178 valence electrons. The molecular weight excluding hydrogens is 392 g/mol. The fourth-order valence-corrected chi connectivity index (χ4v) is 9.57. The van der Waals surface area contributed by atoms with Crippen molar-refractivity contribution < 1.29 is 25.2 Å². The summed E-state index contributed by atoms with van der Waals surface area (Å²) in [6, 6.07) is 0. The molecule has 0 saturated heterocycles. The quantitative estimate of drug-likeness (QED) is 0.616. The molecular formula is C26H43O5-. The SMILES string of the molecule is CC[C@H]1[C@@H](O)[C@@H]2[C@H](CC[C@]3(C)[C@@H]([C@H](C)CCC(=O)[O-])[C@@H](O)C[C@@H]23)[C@@]2(C)CC[C@@H](O)C[C@@H]12. The van der Waals surface area contributed by atoms with Crippen molar-refractivity contribution in [3.05, 3.63) is 0 Å². The first-order valence-electron chi connectivity index (χ1n) is 12.8. The van der Waals surface area contributed by atoms with Gasteiger partial charge in [-0.1, -0.05) is 34.1 Å². The van der Waals surface area contributed by atoms with Crippen molar-refractivity contribution in [3.63, 3.8) is 0 Å². The van der Waals surface area contributed by atoms with Gasteiger partial charge in [-0.3, -0.25) is 0 Å². The van der Waals surface area contributed by atoms with Gasteiger partial charge in [0.2, 0.25) is 0 Å². The third-order valence-electron chi connectivity index (χ3n) is 10.9. The summed E-state index contributed by atoms with van der Waals surface area (Å²) in [6.45, 7) is 8.98. The molecule has 0 heterocycles. The van der Waals surface area contributed by atoms with Crippen molar-refractivity contribution in [1.29, 1.82) is 0 Å². The molecule has 0 radical (unpaired) electrons. The molecule has 12 atom stereocenters. The third kappa shape index (κ3) is 3.58. The number of carboxylic acid groups (broad SMARTS) is 1. The Hall–Kier alpha value is -0.650. The number of aliphatic hydroxyl groups is 3. The van der Waals surface area contributed by atoms with Crippen molar-refractivity contribution in [2.24, 2.45) is 52.3 Å². The Morgan fingerprint density at radius 1 is 1.03 bits per heavy atom. The molecule has 4 aliphatic rings. The molecule has 4 fully saturated rings. The van der Waals surface area contributed by atoms with Crippen LogP contribution in [0.15, 0.2) is 0 Å². The van der Waals surface area contributed by atoms with E-state index in [-0.39, 0.29) is 59.0 Å². The number of carbonyl (C=O) groups excluding carboxylic acids is 1. The van der Waals surface area contributed by atoms with Gasteiger partial charge in [0, 0.05) is 5.97 Å². The van der Waals surface area contributed by atoms with Gasteiger partial charge >= 0.3 is 0 Å². The highest BCUT2D eigenvalue weighted by molar-refractivity contribution is 5.64. The average Bonchev–Trinajstić information content (AvgIpc) is 2.98. The lowest BCUT2D eigenvalue weighted by Crippen LogP contribution is -2.62. The number of fused-ring (bicyclic) bond motifs is 5. The predicted molar refractivity (Wildman–Crippen MR) is 117 cm³/mol. The number of hydrogen-bond acceptors (Lipinski definition) is 5. The molecule has 0 amide bonds. The van der Waals surface area contributed by atoms with Crippen LogP contribution in [0.4, 0.5) is 0 Å². The summed E-state index contributed by atoms with van der Waals surface area (Å²) in [7, 11) is 0. The fourth-order valence-electron chi connectivity index (χ4n) is 9.57. The predicted octanol–water partition coefficient (Wildman–Crippen LogP) is 2.75. The second-order valence-electron chi connectivity index (χ2n) is 12.2. The number of aliphatic carboxylic acids is 1. The first kappa shape index (κ1) is 23.5. The maximum atomic E-state index is 11.7. The number of carbonyl (C=O) groups is 1. The van der Waals surface area contributed by atoms with Gasteiger partial charge in [-0.15, -0.1) is 0 Å². The summed E-state index contributed by atoms with van der Waals surface area (Å²) in [4.78, 5) is 11.0. The van der Waals surface area contributed by atoms with Crippen LogP contribution in [0.3, 0.4) is 0 Å². The molecule has 0 aliphatic heterocycles. The lowest BCUT2D eigenvalue weighted by atomic mass is 9.41. The van der Waals surface area contributed by atoms with E-state index in [1.165, 1.54) is 0 Å². The molecule has 0 aromatic heterocycles. The van der Waals surface area contributed by atoms with Crippen LogP contribution in [-0.4, -0.2) is 39.6 Å². The highest BCUT2D eigenvalue weighted by Gasteiger charge is 2.66. The first-order chi connectivity index (χ1) is 14.5. The standard InChI is InChI=1S/C26H44O5/c1-5-16-18-12-15(27)8-10-25(18,3)17-9-11-26(4)19(22(17)24(16)31)13-20(28)23(26)14(2)6-7-21(29)30/h14-20,22-24,27-28,31H,5-13H2,1-4H3,(H,29,30)/p-1/t14-,15-,16-,17+,18+,19+,20+,22-,23+,24-,25-,26+/m1/s1. The summed E-state index contributed by atoms with van der Waals surface area (Å²) in [5.41, 5.74) is 0.0807. The Morgan fingerprint density at radius 3 is 2.35 bits per heavy atom. The monoisotopic (exact) mass is 435 g/mol. The van der Waals surface area contributed by atoms with Crippen LogP contribution in [0.2, 0.25) is 0 Å². The molecule has 5 nitrogen and oxygen atoms in total. The fraction of sp³-hybridized carbons (Fsp3) is 0.962. The second-order valence-corrected chi connectivity index (χ2v) is 12.2. The summed E-state index contributed by atoms with van der Waals surface area (Å²) < 4.78 is 0. The maximum absolute atomic E-state index is 11.7. The van der Waals surface area contributed by atoms with Gasteiger partial charge in [-0.05, 0) is 104 Å². The zero-order valence-electron chi connectivity index (χ0n) is 19.8. The minimum absolute atomic E-state index is 0.0415. The Bertz CT molecular complexity index is 681. The number of rotatable bonds is 5. The van der Waals surface area contributed by atoms with E-state index in [1.54, 1.807) is 0 Å². The Balaban J connectivity index is 1.65. The lowest BCUT2D eigenvalue weighted by Gasteiger charge is -2.64. The normalized spacial score (nSPS) is 52.7. The van der Waals surface area contributed by atoms with Crippen LogP contribution in [-0.2, 0) is 4.79 Å². The van der Waals surface area contributed by atoms with Crippen LogP contribution in [0, 0.1) is 52.3 Å². The van der Waals surface area contributed by atoms with E-state index in [1.807, 2.05) is 0 Å². The van der Waals surface area contributed by atoms with Gasteiger partial charge in [0.05, 0.1) is 18.3 Å². The lowest BCUT2D eigenvalue weighted by molar-refractivity contribution is -0.306. The second kappa shape index (κ2) is 8.29.